The van der Waals surface area contributed by atoms with E-state index >= 15 is 0 Å². The van der Waals surface area contributed by atoms with Gasteiger partial charge in [-0.1, -0.05) is 48.5 Å². The molecule has 0 spiro atoms. The number of carbonyl (C=O) groups is 3. The third-order valence-electron chi connectivity index (χ3n) is 4.95. The summed E-state index contributed by atoms with van der Waals surface area (Å²) in [7, 11) is 0. The summed E-state index contributed by atoms with van der Waals surface area (Å²) in [4.78, 5) is 36.3. The quantitative estimate of drug-likeness (QED) is 0.671. The lowest BCUT2D eigenvalue weighted by atomic mass is 9.98. The number of halogens is 1. The number of hydrogen-bond donors (Lipinski definition) is 1. The first kappa shape index (κ1) is 22.5. The van der Waals surface area contributed by atoms with Gasteiger partial charge >= 0.3 is 12.1 Å². The maximum atomic E-state index is 12.9. The van der Waals surface area contributed by atoms with E-state index in [2.05, 4.69) is 5.32 Å². The fourth-order valence-electron chi connectivity index (χ4n) is 3.67. The first-order valence-corrected chi connectivity index (χ1v) is 10.1. The Balaban J connectivity index is 1.65. The molecule has 0 aliphatic heterocycles. The molecule has 1 amide bonds. The van der Waals surface area contributed by atoms with Gasteiger partial charge in [0, 0.05) is 5.92 Å². The SMILES string of the molecule is CC(C)(C)OC(=O)CC(NC(=O)OCC1c2ccccc2-c2ccccc21)C(=O)CF. The van der Waals surface area contributed by atoms with Crippen LogP contribution in [0.5, 0.6) is 0 Å². The van der Waals surface area contributed by atoms with Gasteiger partial charge < -0.3 is 14.8 Å². The summed E-state index contributed by atoms with van der Waals surface area (Å²) in [6.07, 6.45) is -1.36. The van der Waals surface area contributed by atoms with E-state index in [1.54, 1.807) is 20.8 Å². The van der Waals surface area contributed by atoms with E-state index in [0.717, 1.165) is 22.3 Å². The van der Waals surface area contributed by atoms with Crippen molar-refractivity contribution in [2.24, 2.45) is 0 Å². The molecule has 6 nitrogen and oxygen atoms in total. The smallest absolute Gasteiger partial charge is 0.407 e. The fraction of sp³-hybridized carbons (Fsp3) is 0.375. The average molecular weight is 427 g/mol. The second-order valence-corrected chi connectivity index (χ2v) is 8.41. The number of amides is 1. The van der Waals surface area contributed by atoms with E-state index in [4.69, 9.17) is 9.47 Å². The maximum Gasteiger partial charge on any atom is 0.407 e. The summed E-state index contributed by atoms with van der Waals surface area (Å²) >= 11 is 0. The van der Waals surface area contributed by atoms with E-state index in [1.807, 2.05) is 48.5 Å². The first-order valence-electron chi connectivity index (χ1n) is 10.1. The zero-order valence-corrected chi connectivity index (χ0v) is 17.8. The number of benzene rings is 2. The average Bonchev–Trinajstić information content (AvgIpc) is 3.03. The van der Waals surface area contributed by atoms with E-state index in [-0.39, 0.29) is 12.5 Å². The lowest BCUT2D eigenvalue weighted by Crippen LogP contribution is -2.44. The molecule has 0 radical (unpaired) electrons. The Morgan fingerprint density at radius 1 is 1.00 bits per heavy atom. The summed E-state index contributed by atoms with van der Waals surface area (Å²) in [5.41, 5.74) is 3.50. The molecule has 0 saturated heterocycles. The van der Waals surface area contributed by atoms with Gasteiger partial charge in [0.2, 0.25) is 0 Å². The molecule has 1 aliphatic rings. The Morgan fingerprint density at radius 2 is 1.55 bits per heavy atom. The van der Waals surface area contributed by atoms with Gasteiger partial charge in [0.05, 0.1) is 6.42 Å². The number of alkyl halides is 1. The minimum Gasteiger partial charge on any atom is -0.460 e. The predicted octanol–water partition coefficient (Wildman–Crippen LogP) is 4.16. The van der Waals surface area contributed by atoms with Crippen molar-refractivity contribution in [2.45, 2.75) is 44.8 Å². The highest BCUT2D eigenvalue weighted by molar-refractivity contribution is 5.91. The van der Waals surface area contributed by atoms with Gasteiger partial charge in [0.15, 0.2) is 5.78 Å². The Morgan fingerprint density at radius 3 is 2.06 bits per heavy atom. The summed E-state index contributed by atoms with van der Waals surface area (Å²) in [5.74, 6) is -1.78. The molecule has 0 fully saturated rings. The van der Waals surface area contributed by atoms with E-state index < -0.39 is 42.6 Å². The standard InChI is InChI=1S/C24H26FNO5/c1-24(2,3)31-22(28)12-20(21(27)13-25)26-23(29)30-14-19-17-10-6-4-8-15(17)16-9-5-7-11-18(16)19/h4-11,19-20H,12-14H2,1-3H3,(H,26,29). The lowest BCUT2D eigenvalue weighted by molar-refractivity contribution is -0.156. The van der Waals surface area contributed by atoms with Crippen molar-refractivity contribution in [3.8, 4) is 11.1 Å². The lowest BCUT2D eigenvalue weighted by Gasteiger charge is -2.22. The van der Waals surface area contributed by atoms with Crippen LogP contribution >= 0.6 is 0 Å². The van der Waals surface area contributed by atoms with Crippen LogP contribution in [0.25, 0.3) is 11.1 Å². The molecule has 0 aromatic heterocycles. The van der Waals surface area contributed by atoms with Gasteiger partial charge in [-0.15, -0.1) is 0 Å². The monoisotopic (exact) mass is 427 g/mol. The molecule has 0 bridgehead atoms. The largest absolute Gasteiger partial charge is 0.460 e. The van der Waals surface area contributed by atoms with Crippen LogP contribution in [0.3, 0.4) is 0 Å². The van der Waals surface area contributed by atoms with Gasteiger partial charge in [-0.2, -0.15) is 0 Å². The molecule has 1 unspecified atom stereocenters. The number of rotatable bonds is 7. The molecule has 2 aromatic rings. The minimum atomic E-state index is -1.35. The zero-order chi connectivity index (χ0) is 22.6. The number of ketones is 1. The normalized spacial score (nSPS) is 13.7. The highest BCUT2D eigenvalue weighted by Crippen LogP contribution is 2.44. The van der Waals surface area contributed by atoms with Crippen molar-refractivity contribution in [3.05, 3.63) is 59.7 Å². The zero-order valence-electron chi connectivity index (χ0n) is 17.8. The number of hydrogen-bond acceptors (Lipinski definition) is 5. The van der Waals surface area contributed by atoms with Crippen LogP contribution in [0.2, 0.25) is 0 Å². The van der Waals surface area contributed by atoms with Crippen LogP contribution in [0.1, 0.15) is 44.2 Å². The van der Waals surface area contributed by atoms with Crippen molar-refractivity contribution >= 4 is 17.8 Å². The van der Waals surface area contributed by atoms with Crippen LogP contribution in [-0.4, -0.2) is 42.8 Å². The number of alkyl carbamates (subject to hydrolysis) is 1. The van der Waals surface area contributed by atoms with E-state index in [0.29, 0.717) is 0 Å². The summed E-state index contributed by atoms with van der Waals surface area (Å²) in [6, 6.07) is 14.4. The number of esters is 1. The third kappa shape index (κ3) is 5.48. The van der Waals surface area contributed by atoms with Crippen molar-refractivity contribution in [3.63, 3.8) is 0 Å². The van der Waals surface area contributed by atoms with Crippen LogP contribution in [0.15, 0.2) is 48.5 Å². The second kappa shape index (κ2) is 9.29. The molecule has 0 heterocycles. The number of carbonyl (C=O) groups excluding carboxylic acids is 3. The Bertz CT molecular complexity index is 936. The van der Waals surface area contributed by atoms with Gasteiger partial charge in [-0.3, -0.25) is 9.59 Å². The molecule has 7 heteroatoms. The highest BCUT2D eigenvalue weighted by atomic mass is 19.1. The van der Waals surface area contributed by atoms with Crippen LogP contribution in [-0.2, 0) is 19.1 Å². The van der Waals surface area contributed by atoms with Gasteiger partial charge in [-0.25, -0.2) is 9.18 Å². The molecular formula is C24H26FNO5. The molecule has 1 aliphatic carbocycles. The third-order valence-corrected chi connectivity index (χ3v) is 4.95. The molecular weight excluding hydrogens is 401 g/mol. The van der Waals surface area contributed by atoms with E-state index in [1.165, 1.54) is 0 Å². The molecule has 0 saturated carbocycles. The van der Waals surface area contributed by atoms with Crippen molar-refractivity contribution in [2.75, 3.05) is 13.3 Å². The van der Waals surface area contributed by atoms with E-state index in [9.17, 15) is 18.8 Å². The number of Topliss-reactive ketones (excluding diaryl/α,β-unsaturated/α-hetero) is 1. The summed E-state index contributed by atoms with van der Waals surface area (Å²) < 4.78 is 23.5. The Kier molecular flexibility index (Phi) is 6.73. The molecule has 3 rings (SSSR count). The molecule has 31 heavy (non-hydrogen) atoms. The minimum absolute atomic E-state index is 0.0445. The molecule has 1 N–H and O–H groups in total. The Hall–Kier alpha value is -3.22. The van der Waals surface area contributed by atoms with Crippen LogP contribution < -0.4 is 5.32 Å². The van der Waals surface area contributed by atoms with Crippen molar-refractivity contribution < 1.29 is 28.2 Å². The molecule has 2 aromatic carbocycles. The highest BCUT2D eigenvalue weighted by Gasteiger charge is 2.31. The van der Waals surface area contributed by atoms with Gasteiger partial charge in [0.1, 0.15) is 24.9 Å². The maximum absolute atomic E-state index is 12.9. The Labute approximate surface area is 180 Å². The number of nitrogens with one attached hydrogen (secondary N) is 1. The van der Waals surface area contributed by atoms with Crippen LogP contribution in [0.4, 0.5) is 9.18 Å². The number of ether oxygens (including phenoxy) is 2. The summed E-state index contributed by atoms with van der Waals surface area (Å²) in [6.45, 7) is 3.77. The second-order valence-electron chi connectivity index (χ2n) is 8.41. The predicted molar refractivity (Wildman–Crippen MR) is 113 cm³/mol. The molecule has 164 valence electrons. The van der Waals surface area contributed by atoms with Gasteiger partial charge in [-0.05, 0) is 43.0 Å². The topological polar surface area (TPSA) is 81.7 Å². The number of fused-ring (bicyclic) bond motifs is 3. The van der Waals surface area contributed by atoms with Crippen LogP contribution in [0, 0.1) is 0 Å². The fourth-order valence-corrected chi connectivity index (χ4v) is 3.67. The van der Waals surface area contributed by atoms with Crippen molar-refractivity contribution in [1.82, 2.24) is 5.32 Å². The van der Waals surface area contributed by atoms with Gasteiger partial charge in [0.25, 0.3) is 0 Å². The first-order chi connectivity index (χ1) is 14.7. The molecule has 1 atom stereocenters. The summed E-state index contributed by atoms with van der Waals surface area (Å²) in [5, 5.41) is 2.30. The van der Waals surface area contributed by atoms with Crippen molar-refractivity contribution in [1.29, 1.82) is 0 Å².